The largest absolute Gasteiger partial charge is 0.342 e. The third kappa shape index (κ3) is 1.41. The number of carbonyl (C=O) groups is 1. The van der Waals surface area contributed by atoms with E-state index in [4.69, 9.17) is 6.42 Å². The maximum atomic E-state index is 11.8. The fraction of sp³-hybridized carbons (Fsp3) is 0.750. The van der Waals surface area contributed by atoms with Crippen LogP contribution in [0.15, 0.2) is 0 Å². The van der Waals surface area contributed by atoms with Gasteiger partial charge in [0.05, 0.1) is 6.04 Å². The molecule has 0 aromatic carbocycles. The summed E-state index contributed by atoms with van der Waals surface area (Å²) in [6, 6.07) is -0.172. The van der Waals surface area contributed by atoms with E-state index in [1.165, 1.54) is 0 Å². The Balaban J connectivity index is 2.63. The summed E-state index contributed by atoms with van der Waals surface area (Å²) in [5, 5.41) is 2.83. The summed E-state index contributed by atoms with van der Waals surface area (Å²) in [4.78, 5) is 11.8. The van der Waals surface area contributed by atoms with Gasteiger partial charge in [-0.3, -0.25) is 4.79 Å². The quantitative estimate of drug-likeness (QED) is 0.666. The molecule has 0 aliphatic heterocycles. The number of terminal acetylenes is 1. The van der Waals surface area contributed by atoms with E-state index in [-0.39, 0.29) is 28.7 Å². The Morgan fingerprint density at radius 1 is 1.36 bits per heavy atom. The molecule has 0 aromatic heterocycles. The van der Waals surface area contributed by atoms with Gasteiger partial charge in [-0.1, -0.05) is 33.6 Å². The van der Waals surface area contributed by atoms with E-state index in [1.54, 1.807) is 0 Å². The first kappa shape index (κ1) is 11.1. The summed E-state index contributed by atoms with van der Waals surface area (Å²) in [6.45, 7) is 10.3. The standard InChI is InChI=1S/C12H19NO/c1-7-8(2)13-10(14)9-11(3,4)12(9,5)6/h1,8-9H,2-6H3,(H,13,14). The van der Waals surface area contributed by atoms with Crippen molar-refractivity contribution in [1.82, 2.24) is 5.32 Å². The van der Waals surface area contributed by atoms with Crippen LogP contribution in [0.4, 0.5) is 0 Å². The number of nitrogens with one attached hydrogen (secondary N) is 1. The van der Waals surface area contributed by atoms with Crippen molar-refractivity contribution in [3.8, 4) is 12.3 Å². The van der Waals surface area contributed by atoms with Gasteiger partial charge in [0.1, 0.15) is 0 Å². The first-order valence-electron chi connectivity index (χ1n) is 5.01. The van der Waals surface area contributed by atoms with Gasteiger partial charge < -0.3 is 5.32 Å². The van der Waals surface area contributed by atoms with Crippen molar-refractivity contribution in [1.29, 1.82) is 0 Å². The summed E-state index contributed by atoms with van der Waals surface area (Å²) >= 11 is 0. The van der Waals surface area contributed by atoms with Crippen molar-refractivity contribution in [3.05, 3.63) is 0 Å². The van der Waals surface area contributed by atoms with Gasteiger partial charge in [-0.05, 0) is 17.8 Å². The predicted molar refractivity (Wildman–Crippen MR) is 57.5 cm³/mol. The molecule has 1 rings (SSSR count). The molecule has 14 heavy (non-hydrogen) atoms. The monoisotopic (exact) mass is 193 g/mol. The minimum absolute atomic E-state index is 0.0884. The Morgan fingerprint density at radius 3 is 2.07 bits per heavy atom. The molecule has 1 unspecified atom stereocenters. The van der Waals surface area contributed by atoms with Gasteiger partial charge in [-0.25, -0.2) is 0 Å². The lowest BCUT2D eigenvalue weighted by molar-refractivity contribution is -0.123. The van der Waals surface area contributed by atoms with Crippen molar-refractivity contribution in [3.63, 3.8) is 0 Å². The summed E-state index contributed by atoms with van der Waals surface area (Å²) in [5.74, 6) is 2.68. The zero-order valence-corrected chi connectivity index (χ0v) is 9.64. The Hall–Kier alpha value is -0.970. The van der Waals surface area contributed by atoms with E-state index in [9.17, 15) is 4.79 Å². The molecular weight excluding hydrogens is 174 g/mol. The van der Waals surface area contributed by atoms with E-state index in [1.807, 2.05) is 6.92 Å². The second-order valence-electron chi connectivity index (χ2n) is 5.27. The van der Waals surface area contributed by atoms with E-state index in [0.29, 0.717) is 0 Å². The molecule has 1 aliphatic rings. The second-order valence-corrected chi connectivity index (χ2v) is 5.27. The van der Waals surface area contributed by atoms with Crippen LogP contribution in [0.1, 0.15) is 34.6 Å². The summed E-state index contributed by atoms with van der Waals surface area (Å²) in [7, 11) is 0. The lowest BCUT2D eigenvalue weighted by Gasteiger charge is -2.08. The van der Waals surface area contributed by atoms with E-state index >= 15 is 0 Å². The molecule has 2 nitrogen and oxygen atoms in total. The maximum absolute atomic E-state index is 11.8. The molecule has 1 atom stereocenters. The molecule has 78 valence electrons. The summed E-state index contributed by atoms with van der Waals surface area (Å²) < 4.78 is 0. The predicted octanol–water partition coefficient (Wildman–Crippen LogP) is 1.81. The summed E-state index contributed by atoms with van der Waals surface area (Å²) in [6.07, 6.45) is 5.21. The maximum Gasteiger partial charge on any atom is 0.225 e. The van der Waals surface area contributed by atoms with Gasteiger partial charge in [-0.15, -0.1) is 6.42 Å². The fourth-order valence-corrected chi connectivity index (χ4v) is 2.19. The van der Waals surface area contributed by atoms with E-state index in [0.717, 1.165) is 0 Å². The molecule has 1 amide bonds. The highest BCUT2D eigenvalue weighted by atomic mass is 16.2. The highest BCUT2D eigenvalue weighted by molar-refractivity contribution is 5.84. The normalized spacial score (nSPS) is 24.9. The molecule has 0 spiro atoms. The van der Waals surface area contributed by atoms with Crippen LogP contribution in [-0.4, -0.2) is 11.9 Å². The molecule has 0 heterocycles. The highest BCUT2D eigenvalue weighted by Gasteiger charge is 2.68. The lowest BCUT2D eigenvalue weighted by atomic mass is 10.0. The molecule has 1 aliphatic carbocycles. The van der Waals surface area contributed by atoms with Crippen molar-refractivity contribution in [2.24, 2.45) is 16.7 Å². The molecule has 2 heteroatoms. The molecule has 1 saturated carbocycles. The zero-order chi connectivity index (χ0) is 11.1. The van der Waals surface area contributed by atoms with E-state index in [2.05, 4.69) is 38.9 Å². The average molecular weight is 193 g/mol. The third-order valence-electron chi connectivity index (χ3n) is 3.89. The highest BCUT2D eigenvalue weighted by Crippen LogP contribution is 2.68. The fourth-order valence-electron chi connectivity index (χ4n) is 2.19. The van der Waals surface area contributed by atoms with Crippen molar-refractivity contribution >= 4 is 5.91 Å². The first-order chi connectivity index (χ1) is 6.25. The molecule has 0 saturated heterocycles. The summed E-state index contributed by atoms with van der Waals surface area (Å²) in [5.41, 5.74) is 0.177. The third-order valence-corrected chi connectivity index (χ3v) is 3.89. The Labute approximate surface area is 86.5 Å². The minimum atomic E-state index is -0.172. The topological polar surface area (TPSA) is 29.1 Å². The SMILES string of the molecule is C#CC(C)NC(=O)C1C(C)(C)C1(C)C. The van der Waals surface area contributed by atoms with Gasteiger partial charge in [0, 0.05) is 5.92 Å². The Kier molecular flexibility index (Phi) is 2.39. The number of hydrogen-bond acceptors (Lipinski definition) is 1. The van der Waals surface area contributed by atoms with Gasteiger partial charge in [-0.2, -0.15) is 0 Å². The van der Waals surface area contributed by atoms with Crippen LogP contribution in [0.3, 0.4) is 0 Å². The molecule has 0 aromatic rings. The Morgan fingerprint density at radius 2 is 1.79 bits per heavy atom. The van der Waals surface area contributed by atoms with Crippen molar-refractivity contribution in [2.45, 2.75) is 40.7 Å². The Bertz CT molecular complexity index is 282. The lowest BCUT2D eigenvalue weighted by Crippen LogP contribution is -2.34. The van der Waals surface area contributed by atoms with Crippen molar-refractivity contribution < 1.29 is 4.79 Å². The van der Waals surface area contributed by atoms with Crippen LogP contribution < -0.4 is 5.32 Å². The average Bonchev–Trinajstić information content (AvgIpc) is 2.42. The second kappa shape index (κ2) is 3.02. The smallest absolute Gasteiger partial charge is 0.225 e. The van der Waals surface area contributed by atoms with Crippen LogP contribution in [0, 0.1) is 29.1 Å². The van der Waals surface area contributed by atoms with Gasteiger partial charge in [0.25, 0.3) is 0 Å². The van der Waals surface area contributed by atoms with Crippen LogP contribution >= 0.6 is 0 Å². The van der Waals surface area contributed by atoms with Crippen molar-refractivity contribution in [2.75, 3.05) is 0 Å². The zero-order valence-electron chi connectivity index (χ0n) is 9.64. The van der Waals surface area contributed by atoms with Crippen LogP contribution in [0.2, 0.25) is 0 Å². The molecule has 0 bridgehead atoms. The van der Waals surface area contributed by atoms with E-state index < -0.39 is 0 Å². The number of rotatable bonds is 2. The minimum Gasteiger partial charge on any atom is -0.342 e. The van der Waals surface area contributed by atoms with Crippen LogP contribution in [0.5, 0.6) is 0 Å². The molecule has 1 fully saturated rings. The van der Waals surface area contributed by atoms with Crippen LogP contribution in [-0.2, 0) is 4.79 Å². The molecular formula is C12H19NO. The first-order valence-corrected chi connectivity index (χ1v) is 5.01. The van der Waals surface area contributed by atoms with Gasteiger partial charge in [0.15, 0.2) is 0 Å². The molecule has 0 radical (unpaired) electrons. The van der Waals surface area contributed by atoms with Gasteiger partial charge in [0.2, 0.25) is 5.91 Å². The van der Waals surface area contributed by atoms with Gasteiger partial charge >= 0.3 is 0 Å². The number of hydrogen-bond donors (Lipinski definition) is 1. The number of amides is 1. The number of carbonyl (C=O) groups excluding carboxylic acids is 1. The van der Waals surface area contributed by atoms with Crippen LogP contribution in [0.25, 0.3) is 0 Å². The molecule has 1 N–H and O–H groups in total.